The molecule has 0 aliphatic carbocycles. The predicted molar refractivity (Wildman–Crippen MR) is 109 cm³/mol. The molecule has 1 aromatic carbocycles. The molecule has 0 saturated carbocycles. The summed E-state index contributed by atoms with van der Waals surface area (Å²) in [7, 11) is 0. The zero-order chi connectivity index (χ0) is 19.5. The first-order valence-corrected chi connectivity index (χ1v) is 10.0. The van der Waals surface area contributed by atoms with E-state index in [1.807, 2.05) is 31.2 Å². The van der Waals surface area contributed by atoms with E-state index >= 15 is 0 Å². The van der Waals surface area contributed by atoms with Gasteiger partial charge in [-0.1, -0.05) is 30.3 Å². The van der Waals surface area contributed by atoms with Gasteiger partial charge in [0.05, 0.1) is 5.52 Å². The molecule has 1 N–H and O–H groups in total. The molecule has 0 spiro atoms. The van der Waals surface area contributed by atoms with E-state index in [-0.39, 0.29) is 18.0 Å². The number of hydrogen-bond donors (Lipinski definition) is 1. The summed E-state index contributed by atoms with van der Waals surface area (Å²) in [5.74, 6) is 0.794. The fourth-order valence-electron chi connectivity index (χ4n) is 3.96. The summed E-state index contributed by atoms with van der Waals surface area (Å²) in [5, 5.41) is 2.98. The van der Waals surface area contributed by atoms with Crippen LogP contribution in [-0.2, 0) is 30.7 Å². The summed E-state index contributed by atoms with van der Waals surface area (Å²) in [5.41, 5.74) is 3.38. The second kappa shape index (κ2) is 8.00. The van der Waals surface area contributed by atoms with E-state index in [4.69, 9.17) is 0 Å². The first kappa shape index (κ1) is 18.5. The van der Waals surface area contributed by atoms with Crippen LogP contribution in [0.2, 0.25) is 0 Å². The van der Waals surface area contributed by atoms with Gasteiger partial charge in [0.15, 0.2) is 0 Å². The van der Waals surface area contributed by atoms with Crippen LogP contribution in [0.5, 0.6) is 0 Å². The van der Waals surface area contributed by atoms with Crippen molar-refractivity contribution in [3.05, 3.63) is 63.8 Å². The van der Waals surface area contributed by atoms with Gasteiger partial charge in [-0.25, -0.2) is 4.98 Å². The van der Waals surface area contributed by atoms with Crippen LogP contribution in [0.1, 0.15) is 36.3 Å². The van der Waals surface area contributed by atoms with Crippen molar-refractivity contribution in [2.75, 3.05) is 6.54 Å². The van der Waals surface area contributed by atoms with Crippen LogP contribution >= 0.6 is 0 Å². The lowest BCUT2D eigenvalue weighted by molar-refractivity contribution is -0.121. The fraction of sp³-hybridized carbons (Fsp3) is 0.409. The predicted octanol–water partition coefficient (Wildman–Crippen LogP) is 2.59. The number of aromatic nitrogens is 3. The van der Waals surface area contributed by atoms with Crippen LogP contribution in [-0.4, -0.2) is 26.6 Å². The molecular formula is C22H26N4O2. The highest BCUT2D eigenvalue weighted by atomic mass is 16.2. The number of carbonyl (C=O) groups excluding carboxylic acids is 1. The van der Waals surface area contributed by atoms with Crippen molar-refractivity contribution in [2.24, 2.45) is 0 Å². The van der Waals surface area contributed by atoms with Crippen molar-refractivity contribution in [3.63, 3.8) is 0 Å². The van der Waals surface area contributed by atoms with E-state index < -0.39 is 0 Å². The Labute approximate surface area is 164 Å². The maximum Gasteiger partial charge on any atom is 0.278 e. The Bertz CT molecular complexity index is 1050. The first-order chi connectivity index (χ1) is 13.6. The second-order valence-corrected chi connectivity index (χ2v) is 7.49. The number of nitrogens with zero attached hydrogens (tertiary/aromatic N) is 3. The molecule has 0 saturated heterocycles. The molecule has 0 atom stereocenters. The second-order valence-electron chi connectivity index (χ2n) is 7.49. The molecule has 0 fully saturated rings. The molecule has 1 amide bonds. The summed E-state index contributed by atoms with van der Waals surface area (Å²) < 4.78 is 3.58. The van der Waals surface area contributed by atoms with Crippen molar-refractivity contribution in [2.45, 2.75) is 52.1 Å². The first-order valence-electron chi connectivity index (χ1n) is 10.0. The zero-order valence-electron chi connectivity index (χ0n) is 16.3. The van der Waals surface area contributed by atoms with Crippen molar-refractivity contribution < 1.29 is 4.79 Å². The highest BCUT2D eigenvalue weighted by Crippen LogP contribution is 2.18. The zero-order valence-corrected chi connectivity index (χ0v) is 16.3. The lowest BCUT2D eigenvalue weighted by Gasteiger charge is -2.17. The number of hydrogen-bond acceptors (Lipinski definition) is 3. The van der Waals surface area contributed by atoms with E-state index in [1.54, 1.807) is 9.13 Å². The van der Waals surface area contributed by atoms with Crippen LogP contribution in [0, 0.1) is 6.92 Å². The van der Waals surface area contributed by atoms with Gasteiger partial charge in [-0.05, 0) is 44.2 Å². The van der Waals surface area contributed by atoms with Gasteiger partial charge in [0, 0.05) is 25.2 Å². The molecular weight excluding hydrogens is 352 g/mol. The Hall–Kier alpha value is -2.89. The van der Waals surface area contributed by atoms with Gasteiger partial charge in [0.2, 0.25) is 5.91 Å². The summed E-state index contributed by atoms with van der Waals surface area (Å²) in [6.07, 6.45) is 4.74. The van der Waals surface area contributed by atoms with Crippen molar-refractivity contribution in [3.8, 4) is 0 Å². The Kier molecular flexibility index (Phi) is 5.28. The molecule has 0 radical (unpaired) electrons. The van der Waals surface area contributed by atoms with Crippen molar-refractivity contribution >= 4 is 16.9 Å². The smallest absolute Gasteiger partial charge is 0.278 e. The molecule has 2 aromatic heterocycles. The Morgan fingerprint density at radius 1 is 1.21 bits per heavy atom. The van der Waals surface area contributed by atoms with Crippen LogP contribution in [0.25, 0.3) is 11.0 Å². The average Bonchev–Trinajstić information content (AvgIpc) is 3.01. The largest absolute Gasteiger partial charge is 0.355 e. The fourth-order valence-corrected chi connectivity index (χ4v) is 3.96. The summed E-state index contributed by atoms with van der Waals surface area (Å²) >= 11 is 0. The van der Waals surface area contributed by atoms with E-state index in [0.29, 0.717) is 24.1 Å². The molecule has 0 unspecified atom stereocenters. The lowest BCUT2D eigenvalue weighted by Crippen LogP contribution is -2.32. The molecule has 3 heterocycles. The SMILES string of the molecule is Cc1cc2nc3n(c(=O)c2n1CC(=O)NCCCc1ccccc1)CCCC3. The number of carbonyl (C=O) groups is 1. The lowest BCUT2D eigenvalue weighted by atomic mass is 10.1. The topological polar surface area (TPSA) is 68.9 Å². The molecule has 1 aliphatic heterocycles. The van der Waals surface area contributed by atoms with E-state index in [9.17, 15) is 9.59 Å². The van der Waals surface area contributed by atoms with Gasteiger partial charge < -0.3 is 9.88 Å². The molecule has 1 aliphatic rings. The van der Waals surface area contributed by atoms with E-state index in [0.717, 1.165) is 43.6 Å². The minimum absolute atomic E-state index is 0.0234. The maximum absolute atomic E-state index is 13.0. The number of fused-ring (bicyclic) bond motifs is 2. The number of aryl methyl sites for hydroxylation is 3. The molecule has 0 bridgehead atoms. The van der Waals surface area contributed by atoms with Gasteiger partial charge in [0.1, 0.15) is 17.9 Å². The molecule has 6 heteroatoms. The van der Waals surface area contributed by atoms with E-state index in [1.165, 1.54) is 5.56 Å². The number of benzene rings is 1. The third kappa shape index (κ3) is 3.72. The van der Waals surface area contributed by atoms with Crippen molar-refractivity contribution in [1.82, 2.24) is 19.4 Å². The molecule has 6 nitrogen and oxygen atoms in total. The van der Waals surface area contributed by atoms with Gasteiger partial charge in [-0.2, -0.15) is 0 Å². The molecule has 3 aromatic rings. The van der Waals surface area contributed by atoms with Crippen LogP contribution < -0.4 is 10.9 Å². The third-order valence-electron chi connectivity index (χ3n) is 5.43. The standard InChI is InChI=1S/C22H26N4O2/c1-16-14-18-21(22(28)25-13-6-5-11-19(25)24-18)26(16)15-20(27)23-12-7-10-17-8-3-2-4-9-17/h2-4,8-9,14H,5-7,10-13,15H2,1H3,(H,23,27). The van der Waals surface area contributed by atoms with Crippen LogP contribution in [0.15, 0.2) is 41.2 Å². The Morgan fingerprint density at radius 3 is 2.86 bits per heavy atom. The number of nitrogens with one attached hydrogen (secondary N) is 1. The maximum atomic E-state index is 13.0. The van der Waals surface area contributed by atoms with Gasteiger partial charge in [-0.3, -0.25) is 14.2 Å². The normalized spacial score (nSPS) is 13.5. The van der Waals surface area contributed by atoms with Gasteiger partial charge in [-0.15, -0.1) is 0 Å². The quantitative estimate of drug-likeness (QED) is 0.671. The Balaban J connectivity index is 1.44. The molecule has 28 heavy (non-hydrogen) atoms. The van der Waals surface area contributed by atoms with Crippen LogP contribution in [0.4, 0.5) is 0 Å². The van der Waals surface area contributed by atoms with Gasteiger partial charge >= 0.3 is 0 Å². The summed E-state index contributed by atoms with van der Waals surface area (Å²) in [6.45, 7) is 3.41. The minimum atomic E-state index is -0.0733. The number of rotatable bonds is 6. The Morgan fingerprint density at radius 2 is 2.04 bits per heavy atom. The number of amides is 1. The van der Waals surface area contributed by atoms with Crippen LogP contribution in [0.3, 0.4) is 0 Å². The monoisotopic (exact) mass is 378 g/mol. The minimum Gasteiger partial charge on any atom is -0.355 e. The third-order valence-corrected chi connectivity index (χ3v) is 5.43. The summed E-state index contributed by atoms with van der Waals surface area (Å²) in [4.78, 5) is 30.1. The summed E-state index contributed by atoms with van der Waals surface area (Å²) in [6, 6.07) is 12.2. The molecule has 4 rings (SSSR count). The average molecular weight is 378 g/mol. The highest BCUT2D eigenvalue weighted by Gasteiger charge is 2.19. The van der Waals surface area contributed by atoms with E-state index in [2.05, 4.69) is 22.4 Å². The molecule has 146 valence electrons. The highest BCUT2D eigenvalue weighted by molar-refractivity contribution is 5.81. The van der Waals surface area contributed by atoms with Crippen molar-refractivity contribution in [1.29, 1.82) is 0 Å². The van der Waals surface area contributed by atoms with Gasteiger partial charge in [0.25, 0.3) is 5.56 Å².